The summed E-state index contributed by atoms with van der Waals surface area (Å²) in [5.41, 5.74) is 3.82. The number of aliphatic hydroxyl groups is 1. The van der Waals surface area contributed by atoms with Gasteiger partial charge in [0.15, 0.2) is 28.5 Å². The number of hydrogen-bond acceptors (Lipinski definition) is 14. The molecule has 58 heavy (non-hydrogen) atoms. The molecule has 0 saturated carbocycles. The van der Waals surface area contributed by atoms with Gasteiger partial charge in [0.2, 0.25) is 6.79 Å². The number of hydrogen-bond donors (Lipinski definition) is 4. The third-order valence-corrected chi connectivity index (χ3v) is 15.6. The highest BCUT2D eigenvalue weighted by Gasteiger charge is 2.72. The molecule has 12 rings (SSSR count). The highest BCUT2D eigenvalue weighted by atomic mass is 32.2. The van der Waals surface area contributed by atoms with Crippen LogP contribution in [0.15, 0.2) is 30.3 Å². The normalized spacial score (nSPS) is 32.6. The molecule has 14 nitrogen and oxygen atoms in total. The van der Waals surface area contributed by atoms with E-state index in [2.05, 4.69) is 39.2 Å². The Morgan fingerprint density at radius 3 is 2.69 bits per heavy atom. The van der Waals surface area contributed by atoms with E-state index in [9.17, 15) is 20.3 Å². The lowest BCUT2D eigenvalue weighted by atomic mass is 9.72. The molecule has 15 heteroatoms. The van der Waals surface area contributed by atoms with E-state index in [-0.39, 0.29) is 31.5 Å². The molecule has 0 aliphatic carbocycles. The standard InChI is InChI=1S/C43H43N5O9S/c1-19-10-25-28(33(51)34(19)53-5)31-32-38-30-29(37-36(55-18-56-37)20(2)35(30)57-21(3)50)27(48(32)42(15-44)14-41(25,4)47(31)16-42)13-54-40(52)43(17-58-38)39-24(11-22(12-49)46-43)23-8-6-7-9-26(23)45-39/h6-10,22,27,31-32,38,45-46,49,51H,11-14,16-18H2,1-5H3/t22-,27-,31+,32+,38+,41+,42?,43+/m0/s1. The first-order chi connectivity index (χ1) is 27.9. The molecule has 4 N–H and O–H groups in total. The van der Waals surface area contributed by atoms with Gasteiger partial charge in [0.05, 0.1) is 42.8 Å². The van der Waals surface area contributed by atoms with Crippen LogP contribution in [0.3, 0.4) is 0 Å². The van der Waals surface area contributed by atoms with Gasteiger partial charge in [0, 0.05) is 76.4 Å². The van der Waals surface area contributed by atoms with Crippen LogP contribution in [-0.4, -0.2) is 94.0 Å². The van der Waals surface area contributed by atoms with Crippen LogP contribution >= 0.6 is 11.8 Å². The van der Waals surface area contributed by atoms with E-state index in [1.165, 1.54) is 18.7 Å². The van der Waals surface area contributed by atoms with Gasteiger partial charge in [0.1, 0.15) is 17.9 Å². The summed E-state index contributed by atoms with van der Waals surface area (Å²) >= 11 is 1.50. The molecule has 0 amide bonds. The van der Waals surface area contributed by atoms with E-state index in [1.54, 1.807) is 7.11 Å². The summed E-state index contributed by atoms with van der Waals surface area (Å²) < 4.78 is 31.0. The molecule has 0 radical (unpaired) electrons. The number of nitrogens with one attached hydrogen (secondary N) is 2. The van der Waals surface area contributed by atoms with E-state index in [4.69, 9.17) is 23.7 Å². The van der Waals surface area contributed by atoms with Crippen molar-refractivity contribution >= 4 is 34.6 Å². The molecular weight excluding hydrogens is 763 g/mol. The number of carbonyl (C=O) groups is 2. The quantitative estimate of drug-likeness (QED) is 0.167. The number of nitriles is 1. The molecule has 8 aliphatic rings. The number of H-pyrrole nitrogens is 1. The lowest BCUT2D eigenvalue weighted by Crippen LogP contribution is -2.67. The van der Waals surface area contributed by atoms with Crippen LogP contribution in [-0.2, 0) is 31.8 Å². The fourth-order valence-electron chi connectivity index (χ4n) is 12.0. The Hall–Kier alpha value is -4.98. The molecule has 9 heterocycles. The highest BCUT2D eigenvalue weighted by Crippen LogP contribution is 2.71. The number of aromatic nitrogens is 1. The summed E-state index contributed by atoms with van der Waals surface area (Å²) in [5.74, 6) is 0.830. The van der Waals surface area contributed by atoms with Crippen molar-refractivity contribution in [2.24, 2.45) is 0 Å². The number of carbonyl (C=O) groups excluding carboxylic acids is 2. The summed E-state index contributed by atoms with van der Waals surface area (Å²) in [6, 6.07) is 10.6. The van der Waals surface area contributed by atoms with Crippen molar-refractivity contribution in [1.82, 2.24) is 20.1 Å². The number of methoxy groups -OCH3 is 1. The van der Waals surface area contributed by atoms with Crippen LogP contribution in [0.25, 0.3) is 10.9 Å². The zero-order valence-electron chi connectivity index (χ0n) is 32.7. The predicted molar refractivity (Wildman–Crippen MR) is 210 cm³/mol. The largest absolute Gasteiger partial charge is 0.504 e. The number of thioether (sulfide) groups is 1. The molecule has 4 bridgehead atoms. The first kappa shape index (κ1) is 36.1. The molecule has 300 valence electrons. The molecule has 3 fully saturated rings. The van der Waals surface area contributed by atoms with Crippen molar-refractivity contribution in [3.05, 3.63) is 75.0 Å². The molecule has 1 spiro atoms. The lowest BCUT2D eigenvalue weighted by molar-refractivity contribution is -0.157. The van der Waals surface area contributed by atoms with Gasteiger partial charge in [-0.25, -0.2) is 4.79 Å². The van der Waals surface area contributed by atoms with Crippen molar-refractivity contribution in [2.75, 3.05) is 39.4 Å². The van der Waals surface area contributed by atoms with Gasteiger partial charge in [-0.05, 0) is 56.0 Å². The molecule has 3 aromatic carbocycles. The Morgan fingerprint density at radius 2 is 1.93 bits per heavy atom. The second kappa shape index (κ2) is 12.0. The average Bonchev–Trinajstić information content (AvgIpc) is 3.96. The summed E-state index contributed by atoms with van der Waals surface area (Å²) in [4.78, 5) is 36.3. The smallest absolute Gasteiger partial charge is 0.333 e. The summed E-state index contributed by atoms with van der Waals surface area (Å²) in [7, 11) is 1.55. The SMILES string of the molecule is COc1c(C)cc2c(c1O)[C@@H]1[C@@H]3[C@@H]4SC[C@]5(N[C@H](CO)Cc6c5[nH]c5ccccc65)C(=O)OC[C@@H](c5c6c(c(C)c(OC(C)=O)c54)OCO6)N3C3(C#N)CN1[C@]2(C)C3. The van der Waals surface area contributed by atoms with E-state index < -0.39 is 58.0 Å². The number of benzene rings is 3. The number of rotatable bonds is 3. The highest BCUT2D eigenvalue weighted by molar-refractivity contribution is 7.99. The van der Waals surface area contributed by atoms with Crippen LogP contribution in [0.2, 0.25) is 0 Å². The van der Waals surface area contributed by atoms with Gasteiger partial charge >= 0.3 is 11.9 Å². The second-order valence-electron chi connectivity index (χ2n) is 17.0. The van der Waals surface area contributed by atoms with Crippen LogP contribution in [0.5, 0.6) is 28.7 Å². The van der Waals surface area contributed by atoms with Gasteiger partial charge in [-0.2, -0.15) is 5.26 Å². The maximum atomic E-state index is 15.1. The lowest BCUT2D eigenvalue weighted by Gasteiger charge is -2.58. The number of para-hydroxylation sites is 1. The van der Waals surface area contributed by atoms with Crippen LogP contribution in [0.4, 0.5) is 0 Å². The van der Waals surface area contributed by atoms with E-state index >= 15 is 4.79 Å². The Bertz CT molecular complexity index is 2570. The number of nitrogens with zero attached hydrogens (tertiary/aromatic N) is 3. The molecule has 3 saturated heterocycles. The summed E-state index contributed by atoms with van der Waals surface area (Å²) in [6.45, 7) is 7.21. The van der Waals surface area contributed by atoms with E-state index in [1.807, 2.05) is 38.1 Å². The number of aliphatic hydroxyl groups excluding tert-OH is 1. The Balaban J connectivity index is 1.20. The zero-order valence-corrected chi connectivity index (χ0v) is 33.5. The number of fused-ring (bicyclic) bond motifs is 11. The Labute approximate surface area is 338 Å². The third-order valence-electron chi connectivity index (χ3n) is 14.1. The molecule has 8 atom stereocenters. The van der Waals surface area contributed by atoms with Gasteiger partial charge in [0.25, 0.3) is 0 Å². The van der Waals surface area contributed by atoms with Crippen molar-refractivity contribution < 1.29 is 43.5 Å². The van der Waals surface area contributed by atoms with Crippen LogP contribution in [0.1, 0.15) is 82.2 Å². The minimum Gasteiger partial charge on any atom is -0.504 e. The first-order valence-electron chi connectivity index (χ1n) is 19.7. The van der Waals surface area contributed by atoms with E-state index in [0.717, 1.165) is 33.2 Å². The first-order valence-corrected chi connectivity index (χ1v) is 20.8. The predicted octanol–water partition coefficient (Wildman–Crippen LogP) is 4.56. The fourth-order valence-corrected chi connectivity index (χ4v) is 13.6. The van der Waals surface area contributed by atoms with Crippen molar-refractivity contribution in [3.8, 4) is 34.8 Å². The minimum atomic E-state index is -1.43. The number of aromatic hydroxyl groups is 1. The number of aryl methyl sites for hydroxylation is 1. The number of esters is 2. The maximum absolute atomic E-state index is 15.1. The van der Waals surface area contributed by atoms with Crippen LogP contribution < -0.4 is 24.3 Å². The number of piperazine rings is 1. The van der Waals surface area contributed by atoms with Crippen molar-refractivity contribution in [1.29, 1.82) is 5.26 Å². The topological polar surface area (TPSA) is 179 Å². The average molecular weight is 806 g/mol. The fraction of sp³-hybridized carbons (Fsp3) is 0.465. The second-order valence-corrected chi connectivity index (χ2v) is 18.2. The number of ether oxygens (including phenoxy) is 5. The molecule has 4 aromatic rings. The summed E-state index contributed by atoms with van der Waals surface area (Å²) in [5, 5.41) is 38.4. The van der Waals surface area contributed by atoms with Gasteiger partial charge in [-0.3, -0.25) is 19.9 Å². The Morgan fingerprint density at radius 1 is 1.14 bits per heavy atom. The van der Waals surface area contributed by atoms with Gasteiger partial charge in [-0.15, -0.1) is 11.8 Å². The van der Waals surface area contributed by atoms with E-state index in [0.29, 0.717) is 64.8 Å². The molecule has 1 aromatic heterocycles. The van der Waals surface area contributed by atoms with Gasteiger partial charge < -0.3 is 38.9 Å². The van der Waals surface area contributed by atoms with Crippen molar-refractivity contribution in [2.45, 2.75) is 86.6 Å². The maximum Gasteiger partial charge on any atom is 0.333 e. The van der Waals surface area contributed by atoms with Gasteiger partial charge in [-0.1, -0.05) is 18.2 Å². The minimum absolute atomic E-state index is 0.0586. The number of aromatic amines is 1. The Kier molecular flexibility index (Phi) is 7.50. The molecule has 1 unspecified atom stereocenters. The van der Waals surface area contributed by atoms with Crippen molar-refractivity contribution in [3.63, 3.8) is 0 Å². The third kappa shape index (κ3) is 4.31. The number of phenolic OH excluding ortho intramolecular Hbond substituents is 1. The monoisotopic (exact) mass is 805 g/mol. The number of phenols is 1. The summed E-state index contributed by atoms with van der Waals surface area (Å²) in [6.07, 6.45) is 0.918. The zero-order chi connectivity index (χ0) is 40.2. The molecular formula is C43H43N5O9S. The molecule has 8 aliphatic heterocycles. The van der Waals surface area contributed by atoms with Crippen LogP contribution in [0, 0.1) is 25.2 Å².